The van der Waals surface area contributed by atoms with Crippen LogP contribution in [0.1, 0.15) is 44.5 Å². The number of ketones is 1. The zero-order chi connectivity index (χ0) is 12.8. The van der Waals surface area contributed by atoms with Gasteiger partial charge in [0.1, 0.15) is 0 Å². The molecule has 0 aromatic carbocycles. The molecule has 2 nitrogen and oxygen atoms in total. The van der Waals surface area contributed by atoms with Gasteiger partial charge in [-0.15, -0.1) is 11.3 Å². The van der Waals surface area contributed by atoms with Gasteiger partial charge in [0.25, 0.3) is 0 Å². The highest BCUT2D eigenvalue weighted by molar-refractivity contribution is 9.11. The van der Waals surface area contributed by atoms with E-state index in [9.17, 15) is 4.79 Å². The van der Waals surface area contributed by atoms with E-state index < -0.39 is 0 Å². The van der Waals surface area contributed by atoms with Gasteiger partial charge in [0.15, 0.2) is 5.78 Å². The highest BCUT2D eigenvalue weighted by atomic mass is 79.9. The first kappa shape index (κ1) is 13.2. The van der Waals surface area contributed by atoms with Crippen molar-refractivity contribution in [2.24, 2.45) is 5.92 Å². The first-order chi connectivity index (χ1) is 7.71. The van der Waals surface area contributed by atoms with E-state index in [1.165, 1.54) is 0 Å². The molecule has 1 aromatic rings. The van der Waals surface area contributed by atoms with Gasteiger partial charge >= 0.3 is 0 Å². The van der Waals surface area contributed by atoms with E-state index in [1.54, 1.807) is 11.3 Å². The normalized spacial score (nSPS) is 26.1. The molecule has 94 valence electrons. The molecule has 0 bridgehead atoms. The van der Waals surface area contributed by atoms with Crippen molar-refractivity contribution < 1.29 is 9.53 Å². The summed E-state index contributed by atoms with van der Waals surface area (Å²) in [5.41, 5.74) is 0.202. The monoisotopic (exact) mass is 316 g/mol. The largest absolute Gasteiger partial charge is 0.369 e. The highest BCUT2D eigenvalue weighted by Crippen LogP contribution is 2.43. The van der Waals surface area contributed by atoms with Crippen LogP contribution in [0.2, 0.25) is 0 Å². The summed E-state index contributed by atoms with van der Waals surface area (Å²) in [5.74, 6) is 0.140. The summed E-state index contributed by atoms with van der Waals surface area (Å²) < 4.78 is 6.97. The van der Waals surface area contributed by atoms with Crippen LogP contribution in [0, 0.1) is 5.92 Å². The number of Topliss-reactive ketones (excluding diaryl/α,β-unsaturated/α-hetero) is 1. The summed E-state index contributed by atoms with van der Waals surface area (Å²) in [6.07, 6.45) is 0.784. The topological polar surface area (TPSA) is 26.3 Å². The van der Waals surface area contributed by atoms with E-state index in [4.69, 9.17) is 4.74 Å². The lowest BCUT2D eigenvalue weighted by Crippen LogP contribution is -2.33. The summed E-state index contributed by atoms with van der Waals surface area (Å²) in [7, 11) is 0. The summed E-state index contributed by atoms with van der Waals surface area (Å²) in [5, 5.41) is 1.91. The average molecular weight is 317 g/mol. The quantitative estimate of drug-likeness (QED) is 0.761. The number of thiophene rings is 1. The molecule has 17 heavy (non-hydrogen) atoms. The number of carbonyl (C=O) groups is 1. The van der Waals surface area contributed by atoms with Crippen molar-refractivity contribution in [1.82, 2.24) is 0 Å². The molecule has 0 aliphatic carbocycles. The van der Waals surface area contributed by atoms with Crippen LogP contribution in [0.4, 0.5) is 0 Å². The molecule has 1 fully saturated rings. The standard InChI is InChI=1S/C13H17BrO2S/c1-12(2)6-9(13(3,4)16-12)11(15)8-5-10(14)17-7-8/h5,7,9H,6H2,1-4H3. The zero-order valence-corrected chi connectivity index (χ0v) is 12.9. The van der Waals surface area contributed by atoms with Crippen molar-refractivity contribution >= 4 is 33.0 Å². The maximum absolute atomic E-state index is 12.5. The number of carbonyl (C=O) groups excluding carboxylic acids is 1. The Bertz CT molecular complexity index is 448. The minimum atomic E-state index is -0.380. The summed E-state index contributed by atoms with van der Waals surface area (Å²) in [4.78, 5) is 12.5. The van der Waals surface area contributed by atoms with E-state index >= 15 is 0 Å². The fourth-order valence-electron chi connectivity index (χ4n) is 2.61. The first-order valence-electron chi connectivity index (χ1n) is 5.70. The number of hydrogen-bond acceptors (Lipinski definition) is 3. The second-order valence-corrected chi connectivity index (χ2v) is 8.02. The molecule has 1 atom stereocenters. The van der Waals surface area contributed by atoms with Gasteiger partial charge in [-0.05, 0) is 56.1 Å². The molecule has 1 aromatic heterocycles. The second kappa shape index (κ2) is 4.18. The van der Waals surface area contributed by atoms with Gasteiger partial charge in [0, 0.05) is 10.9 Å². The van der Waals surface area contributed by atoms with E-state index in [0.717, 1.165) is 15.8 Å². The van der Waals surface area contributed by atoms with Crippen molar-refractivity contribution in [3.63, 3.8) is 0 Å². The van der Waals surface area contributed by atoms with Crippen LogP contribution < -0.4 is 0 Å². The van der Waals surface area contributed by atoms with Crippen LogP contribution >= 0.6 is 27.3 Å². The van der Waals surface area contributed by atoms with Crippen LogP contribution in [0.5, 0.6) is 0 Å². The molecular formula is C13H17BrO2S. The third-order valence-corrected chi connectivity index (χ3v) is 4.75. The minimum absolute atomic E-state index is 0.0565. The van der Waals surface area contributed by atoms with Crippen LogP contribution in [0.3, 0.4) is 0 Å². The highest BCUT2D eigenvalue weighted by Gasteiger charge is 2.49. The van der Waals surface area contributed by atoms with Crippen LogP contribution in [-0.2, 0) is 4.74 Å². The SMILES string of the molecule is CC1(C)CC(C(=O)c2csc(Br)c2)C(C)(C)O1. The number of halogens is 1. The number of rotatable bonds is 2. The molecule has 1 aliphatic rings. The van der Waals surface area contributed by atoms with Crippen LogP contribution in [0.15, 0.2) is 15.2 Å². The Morgan fingerprint density at radius 2 is 2.12 bits per heavy atom. The molecule has 1 unspecified atom stereocenters. The van der Waals surface area contributed by atoms with Crippen LogP contribution in [0.25, 0.3) is 0 Å². The maximum Gasteiger partial charge on any atom is 0.169 e. The molecule has 2 rings (SSSR count). The third-order valence-electron chi connectivity index (χ3n) is 3.24. The van der Waals surface area contributed by atoms with Gasteiger partial charge < -0.3 is 4.74 Å². The number of hydrogen-bond donors (Lipinski definition) is 0. The van der Waals surface area contributed by atoms with Gasteiger partial charge in [-0.25, -0.2) is 0 Å². The van der Waals surface area contributed by atoms with E-state index in [-0.39, 0.29) is 22.9 Å². The Labute approximate surface area is 114 Å². The molecule has 1 aliphatic heterocycles. The van der Waals surface area contributed by atoms with E-state index in [0.29, 0.717) is 0 Å². The predicted octanol–water partition coefficient (Wildman–Crippen LogP) is 4.29. The second-order valence-electron chi connectivity index (χ2n) is 5.73. The average Bonchev–Trinajstić information content (AvgIpc) is 2.66. The van der Waals surface area contributed by atoms with Crippen molar-refractivity contribution in [2.75, 3.05) is 0 Å². The maximum atomic E-state index is 12.5. The molecule has 2 heterocycles. The molecular weight excluding hydrogens is 300 g/mol. The van der Waals surface area contributed by atoms with E-state index in [2.05, 4.69) is 15.9 Å². The van der Waals surface area contributed by atoms with Gasteiger partial charge in [0.2, 0.25) is 0 Å². The van der Waals surface area contributed by atoms with Gasteiger partial charge in [-0.1, -0.05) is 0 Å². The molecule has 0 radical (unpaired) electrons. The smallest absolute Gasteiger partial charge is 0.169 e. The number of ether oxygens (including phenoxy) is 1. The predicted molar refractivity (Wildman–Crippen MR) is 73.7 cm³/mol. The Balaban J connectivity index is 2.26. The fourth-order valence-corrected chi connectivity index (χ4v) is 3.76. The molecule has 0 amide bonds. The first-order valence-corrected chi connectivity index (χ1v) is 7.37. The summed E-state index contributed by atoms with van der Waals surface area (Å²) >= 11 is 4.94. The Kier molecular flexibility index (Phi) is 3.26. The Hall–Kier alpha value is -0.190. The molecule has 1 saturated heterocycles. The lowest BCUT2D eigenvalue weighted by molar-refractivity contribution is -0.0712. The fraction of sp³-hybridized carbons (Fsp3) is 0.615. The van der Waals surface area contributed by atoms with E-state index in [1.807, 2.05) is 39.1 Å². The summed E-state index contributed by atoms with van der Waals surface area (Å²) in [6, 6.07) is 1.90. The lowest BCUT2D eigenvalue weighted by atomic mass is 9.82. The zero-order valence-electron chi connectivity index (χ0n) is 10.5. The molecule has 0 N–H and O–H groups in total. The van der Waals surface area contributed by atoms with Gasteiger partial charge in [-0.3, -0.25) is 4.79 Å². The van der Waals surface area contributed by atoms with Crippen molar-refractivity contribution in [3.8, 4) is 0 Å². The Morgan fingerprint density at radius 1 is 1.47 bits per heavy atom. The van der Waals surface area contributed by atoms with Crippen LogP contribution in [-0.4, -0.2) is 17.0 Å². The summed E-state index contributed by atoms with van der Waals surface area (Å²) in [6.45, 7) is 8.11. The van der Waals surface area contributed by atoms with Gasteiger partial charge in [0.05, 0.1) is 20.9 Å². The molecule has 0 spiro atoms. The van der Waals surface area contributed by atoms with Crippen molar-refractivity contribution in [3.05, 3.63) is 20.8 Å². The molecule has 4 heteroatoms. The lowest BCUT2D eigenvalue weighted by Gasteiger charge is -2.26. The molecule has 0 saturated carbocycles. The van der Waals surface area contributed by atoms with Crippen molar-refractivity contribution in [1.29, 1.82) is 0 Å². The van der Waals surface area contributed by atoms with Gasteiger partial charge in [-0.2, -0.15) is 0 Å². The third kappa shape index (κ3) is 2.64. The van der Waals surface area contributed by atoms with Crippen molar-refractivity contribution in [2.45, 2.75) is 45.3 Å². The Morgan fingerprint density at radius 3 is 2.53 bits per heavy atom. The minimum Gasteiger partial charge on any atom is -0.369 e.